The van der Waals surface area contributed by atoms with Gasteiger partial charge in [0.2, 0.25) is 0 Å². The van der Waals surface area contributed by atoms with Gasteiger partial charge in [-0.1, -0.05) is 0 Å². The zero-order valence-electron chi connectivity index (χ0n) is 8.97. The normalized spacial score (nSPS) is 10.2. The van der Waals surface area contributed by atoms with Gasteiger partial charge in [0.25, 0.3) is 5.56 Å². The largest absolute Gasteiger partial charge is 0.383 e. The second-order valence-corrected chi connectivity index (χ2v) is 4.08. The van der Waals surface area contributed by atoms with Crippen molar-refractivity contribution in [2.75, 3.05) is 18.1 Å². The number of nitrogens with zero attached hydrogens (tertiary/aromatic N) is 3. The molecule has 0 aliphatic heterocycles. The van der Waals surface area contributed by atoms with Gasteiger partial charge in [0.05, 0.1) is 12.4 Å². The molecule has 88 valence electrons. The maximum atomic E-state index is 11.2. The first kappa shape index (κ1) is 11.4. The summed E-state index contributed by atoms with van der Waals surface area (Å²) < 4.78 is 0. The van der Waals surface area contributed by atoms with Crippen molar-refractivity contribution in [3.8, 4) is 0 Å². The topological polar surface area (TPSA) is 110 Å². The van der Waals surface area contributed by atoms with E-state index in [9.17, 15) is 4.79 Å². The molecule has 0 aliphatic carbocycles. The molecule has 0 amide bonds. The monoisotopic (exact) mass is 250 g/mol. The van der Waals surface area contributed by atoms with Crippen molar-refractivity contribution >= 4 is 23.4 Å². The van der Waals surface area contributed by atoms with Crippen LogP contribution in [0.4, 0.5) is 11.6 Å². The number of hydrogen-bond donors (Lipinski definition) is 3. The Hall–Kier alpha value is -2.09. The molecule has 0 radical (unpaired) electrons. The minimum absolute atomic E-state index is 0.175. The van der Waals surface area contributed by atoms with Crippen LogP contribution in [0.1, 0.15) is 0 Å². The molecule has 0 saturated heterocycles. The molecule has 4 N–H and O–H groups in total. The van der Waals surface area contributed by atoms with Crippen molar-refractivity contribution in [2.24, 2.45) is 0 Å². The van der Waals surface area contributed by atoms with Crippen molar-refractivity contribution in [3.63, 3.8) is 0 Å². The first-order valence-corrected chi connectivity index (χ1v) is 5.53. The first-order chi connectivity index (χ1) is 8.17. The molecule has 0 unspecified atom stereocenters. The summed E-state index contributed by atoms with van der Waals surface area (Å²) in [7, 11) is 1.75. The molecule has 17 heavy (non-hydrogen) atoms. The lowest BCUT2D eigenvalue weighted by molar-refractivity contribution is 0.937. The van der Waals surface area contributed by atoms with Gasteiger partial charge >= 0.3 is 0 Å². The molecule has 0 atom stereocenters. The van der Waals surface area contributed by atoms with Gasteiger partial charge in [0, 0.05) is 13.1 Å². The third kappa shape index (κ3) is 2.94. The minimum atomic E-state index is -0.294. The molecule has 0 bridgehead atoms. The standard InChI is InChI=1S/C9H10N6OS/c1-11-6-3-12-4-8(14-6)17-9-13-5(10)2-7(16)15-9/h2-4H,1H3,(H,11,14)(H3,10,13,15,16). The van der Waals surface area contributed by atoms with E-state index in [4.69, 9.17) is 5.73 Å². The molecule has 0 aromatic carbocycles. The zero-order valence-corrected chi connectivity index (χ0v) is 9.78. The Bertz CT molecular complexity index is 584. The molecule has 0 saturated carbocycles. The number of aromatic amines is 1. The Balaban J connectivity index is 2.27. The van der Waals surface area contributed by atoms with Crippen LogP contribution in [-0.4, -0.2) is 27.0 Å². The molecule has 8 heteroatoms. The SMILES string of the molecule is CNc1cncc(Sc2nc(N)cc(=O)[nH]2)n1. The van der Waals surface area contributed by atoms with Crippen LogP contribution in [0.15, 0.2) is 33.4 Å². The summed E-state index contributed by atoms with van der Waals surface area (Å²) in [5.74, 6) is 0.815. The lowest BCUT2D eigenvalue weighted by atomic mass is 10.6. The van der Waals surface area contributed by atoms with Gasteiger partial charge in [-0.15, -0.1) is 0 Å². The van der Waals surface area contributed by atoms with Crippen molar-refractivity contribution < 1.29 is 0 Å². The van der Waals surface area contributed by atoms with E-state index < -0.39 is 0 Å². The van der Waals surface area contributed by atoms with E-state index >= 15 is 0 Å². The second-order valence-electron chi connectivity index (χ2n) is 3.07. The zero-order chi connectivity index (χ0) is 12.3. The number of anilines is 2. The van der Waals surface area contributed by atoms with Crippen LogP contribution in [0.25, 0.3) is 0 Å². The summed E-state index contributed by atoms with van der Waals surface area (Å²) in [6.45, 7) is 0. The van der Waals surface area contributed by atoms with Crippen molar-refractivity contribution in [1.29, 1.82) is 0 Å². The second kappa shape index (κ2) is 4.83. The van der Waals surface area contributed by atoms with Gasteiger partial charge in [0.15, 0.2) is 5.16 Å². The first-order valence-electron chi connectivity index (χ1n) is 4.72. The summed E-state index contributed by atoms with van der Waals surface area (Å²) >= 11 is 1.19. The Labute approximate surface area is 101 Å². The average Bonchev–Trinajstić information content (AvgIpc) is 2.28. The highest BCUT2D eigenvalue weighted by Crippen LogP contribution is 2.22. The number of H-pyrrole nitrogens is 1. The molecular weight excluding hydrogens is 240 g/mol. The van der Waals surface area contributed by atoms with E-state index in [0.29, 0.717) is 16.0 Å². The van der Waals surface area contributed by atoms with Gasteiger partial charge < -0.3 is 16.0 Å². The molecular formula is C9H10N6OS. The fourth-order valence-electron chi connectivity index (χ4n) is 1.12. The Morgan fingerprint density at radius 2 is 2.24 bits per heavy atom. The maximum absolute atomic E-state index is 11.2. The molecule has 2 aromatic rings. The molecule has 2 rings (SSSR count). The molecule has 2 aromatic heterocycles. The van der Waals surface area contributed by atoms with E-state index in [0.717, 1.165) is 0 Å². The van der Waals surface area contributed by atoms with E-state index in [1.54, 1.807) is 19.4 Å². The van der Waals surface area contributed by atoms with Crippen molar-refractivity contribution in [1.82, 2.24) is 19.9 Å². The van der Waals surface area contributed by atoms with Gasteiger partial charge in [-0.25, -0.2) is 9.97 Å². The van der Waals surface area contributed by atoms with Gasteiger partial charge in [-0.2, -0.15) is 0 Å². The number of nitrogens with two attached hydrogens (primary N) is 1. The number of aromatic nitrogens is 4. The van der Waals surface area contributed by atoms with Crippen LogP contribution in [0, 0.1) is 0 Å². The van der Waals surface area contributed by atoms with E-state index in [1.165, 1.54) is 17.8 Å². The summed E-state index contributed by atoms with van der Waals surface area (Å²) in [6.07, 6.45) is 3.17. The van der Waals surface area contributed by atoms with Crippen LogP contribution in [-0.2, 0) is 0 Å². The Kier molecular flexibility index (Phi) is 3.24. The summed E-state index contributed by atoms with van der Waals surface area (Å²) in [5.41, 5.74) is 5.18. The Morgan fingerprint density at radius 1 is 1.41 bits per heavy atom. The van der Waals surface area contributed by atoms with Crippen molar-refractivity contribution in [3.05, 3.63) is 28.8 Å². The van der Waals surface area contributed by atoms with Gasteiger partial charge in [0.1, 0.15) is 16.7 Å². The highest BCUT2D eigenvalue weighted by molar-refractivity contribution is 7.99. The predicted octanol–water partition coefficient (Wildman–Crippen LogP) is 0.335. The van der Waals surface area contributed by atoms with Crippen LogP contribution in [0.5, 0.6) is 0 Å². The number of nitrogen functional groups attached to an aromatic ring is 1. The highest BCUT2D eigenvalue weighted by Gasteiger charge is 2.04. The van der Waals surface area contributed by atoms with Crippen molar-refractivity contribution in [2.45, 2.75) is 10.2 Å². The summed E-state index contributed by atoms with van der Waals surface area (Å²) in [4.78, 5) is 26.0. The molecule has 0 spiro atoms. The smallest absolute Gasteiger partial charge is 0.253 e. The quantitative estimate of drug-likeness (QED) is 0.673. The minimum Gasteiger partial charge on any atom is -0.383 e. The third-order valence-electron chi connectivity index (χ3n) is 1.81. The lowest BCUT2D eigenvalue weighted by Crippen LogP contribution is -2.09. The van der Waals surface area contributed by atoms with Crippen LogP contribution >= 0.6 is 11.8 Å². The van der Waals surface area contributed by atoms with Crippen LogP contribution in [0.2, 0.25) is 0 Å². The third-order valence-corrected chi connectivity index (χ3v) is 2.60. The molecule has 7 nitrogen and oxygen atoms in total. The number of nitrogens with one attached hydrogen (secondary N) is 2. The van der Waals surface area contributed by atoms with Gasteiger partial charge in [-0.05, 0) is 11.8 Å². The van der Waals surface area contributed by atoms with E-state index in [1.807, 2.05) is 0 Å². The summed E-state index contributed by atoms with van der Waals surface area (Å²) in [5, 5.41) is 3.87. The van der Waals surface area contributed by atoms with Gasteiger partial charge in [-0.3, -0.25) is 9.78 Å². The predicted molar refractivity (Wildman–Crippen MR) is 65.0 cm³/mol. The number of hydrogen-bond acceptors (Lipinski definition) is 7. The lowest BCUT2D eigenvalue weighted by Gasteiger charge is -2.02. The highest BCUT2D eigenvalue weighted by atomic mass is 32.2. The van der Waals surface area contributed by atoms with E-state index in [2.05, 4.69) is 25.3 Å². The molecule has 2 heterocycles. The average molecular weight is 250 g/mol. The fraction of sp³-hybridized carbons (Fsp3) is 0.111. The fourth-order valence-corrected chi connectivity index (χ4v) is 1.88. The maximum Gasteiger partial charge on any atom is 0.253 e. The van der Waals surface area contributed by atoms with E-state index in [-0.39, 0.29) is 11.4 Å². The number of rotatable bonds is 3. The summed E-state index contributed by atoms with van der Waals surface area (Å²) in [6, 6.07) is 1.22. The molecule has 0 fully saturated rings. The van der Waals surface area contributed by atoms with Crippen LogP contribution < -0.4 is 16.6 Å². The molecule has 0 aliphatic rings. The Morgan fingerprint density at radius 3 is 2.94 bits per heavy atom. The van der Waals surface area contributed by atoms with Crippen LogP contribution in [0.3, 0.4) is 0 Å².